The minimum atomic E-state index is -0.612. The maximum Gasteiger partial charge on any atom is 0.267 e. The Bertz CT molecular complexity index is 664. The van der Waals surface area contributed by atoms with Crippen LogP contribution in [0.25, 0.3) is 0 Å². The molecule has 0 aliphatic heterocycles. The summed E-state index contributed by atoms with van der Waals surface area (Å²) in [5.41, 5.74) is 0. The maximum absolute atomic E-state index is 12.3. The number of ether oxygens (including phenoxy) is 1. The highest BCUT2D eigenvalue weighted by molar-refractivity contribution is 8.01. The van der Waals surface area contributed by atoms with Gasteiger partial charge in [0, 0.05) is 10.3 Å². The molecule has 5 nitrogen and oxygen atoms in total. The summed E-state index contributed by atoms with van der Waals surface area (Å²) in [7, 11) is 0. The van der Waals surface area contributed by atoms with Gasteiger partial charge in [0.05, 0.1) is 0 Å². The molecule has 23 heavy (non-hydrogen) atoms. The van der Waals surface area contributed by atoms with Gasteiger partial charge in [-0.05, 0) is 24.6 Å². The lowest BCUT2D eigenvalue weighted by molar-refractivity contribution is -0.122. The number of hydrogen-bond acceptors (Lipinski definition) is 6. The highest BCUT2D eigenvalue weighted by Gasteiger charge is 2.20. The summed E-state index contributed by atoms with van der Waals surface area (Å²) in [6.07, 6.45) is -0.0799. The molecule has 2 rings (SSSR count). The van der Waals surface area contributed by atoms with Crippen LogP contribution in [0.3, 0.4) is 0 Å². The smallest absolute Gasteiger partial charge is 0.267 e. The Balaban J connectivity index is 1.98. The molecule has 0 aliphatic rings. The quantitative estimate of drug-likeness (QED) is 0.574. The van der Waals surface area contributed by atoms with Crippen molar-refractivity contribution in [1.29, 1.82) is 0 Å². The van der Waals surface area contributed by atoms with E-state index in [1.165, 1.54) is 11.3 Å². The lowest BCUT2D eigenvalue weighted by Crippen LogP contribution is -2.32. The van der Waals surface area contributed by atoms with E-state index in [2.05, 4.69) is 29.4 Å². The fraction of sp³-hybridized carbons (Fsp3) is 0.400. The Morgan fingerprint density at radius 3 is 2.87 bits per heavy atom. The topological polar surface area (TPSA) is 64.1 Å². The predicted molar refractivity (Wildman–Crippen MR) is 95.7 cm³/mol. The van der Waals surface area contributed by atoms with E-state index in [1.54, 1.807) is 36.0 Å². The van der Waals surface area contributed by atoms with Gasteiger partial charge in [0.2, 0.25) is 5.13 Å². The number of halogens is 1. The molecule has 0 saturated carbocycles. The fourth-order valence-corrected chi connectivity index (χ4v) is 3.88. The van der Waals surface area contributed by atoms with E-state index < -0.39 is 6.10 Å². The van der Waals surface area contributed by atoms with Gasteiger partial charge in [0.25, 0.3) is 5.91 Å². The van der Waals surface area contributed by atoms with E-state index in [1.807, 2.05) is 6.92 Å². The molecule has 1 atom stereocenters. The number of amides is 1. The maximum atomic E-state index is 12.3. The van der Waals surface area contributed by atoms with Gasteiger partial charge in [-0.15, -0.1) is 10.2 Å². The van der Waals surface area contributed by atoms with Crippen LogP contribution >= 0.6 is 34.7 Å². The lowest BCUT2D eigenvalue weighted by Gasteiger charge is -2.16. The van der Waals surface area contributed by atoms with Crippen LogP contribution in [0.15, 0.2) is 28.6 Å². The number of carbonyl (C=O) groups is 1. The third kappa shape index (κ3) is 5.67. The summed E-state index contributed by atoms with van der Waals surface area (Å²) in [4.78, 5) is 12.3. The zero-order chi connectivity index (χ0) is 16.8. The molecule has 0 spiro atoms. The second kappa shape index (κ2) is 8.52. The van der Waals surface area contributed by atoms with Gasteiger partial charge < -0.3 is 4.74 Å². The van der Waals surface area contributed by atoms with Crippen LogP contribution in [0, 0.1) is 0 Å². The number of carbonyl (C=O) groups excluding carboxylic acids is 1. The molecule has 0 bridgehead atoms. The Morgan fingerprint density at radius 1 is 1.43 bits per heavy atom. The first-order valence-electron chi connectivity index (χ1n) is 7.21. The van der Waals surface area contributed by atoms with E-state index in [0.717, 1.165) is 4.34 Å². The van der Waals surface area contributed by atoms with E-state index in [4.69, 9.17) is 16.3 Å². The van der Waals surface area contributed by atoms with Gasteiger partial charge in [0.15, 0.2) is 10.4 Å². The van der Waals surface area contributed by atoms with Gasteiger partial charge in [-0.25, -0.2) is 0 Å². The van der Waals surface area contributed by atoms with Crippen molar-refractivity contribution >= 4 is 45.7 Å². The minimum Gasteiger partial charge on any atom is -0.481 e. The van der Waals surface area contributed by atoms with E-state index in [-0.39, 0.29) is 5.91 Å². The van der Waals surface area contributed by atoms with Crippen LogP contribution < -0.4 is 10.1 Å². The summed E-state index contributed by atoms with van der Waals surface area (Å²) >= 11 is 8.90. The largest absolute Gasteiger partial charge is 0.481 e. The Hall–Kier alpha value is -1.31. The van der Waals surface area contributed by atoms with Crippen molar-refractivity contribution in [3.63, 3.8) is 0 Å². The highest BCUT2D eigenvalue weighted by atomic mass is 35.5. The second-order valence-electron chi connectivity index (χ2n) is 5.00. The van der Waals surface area contributed by atoms with Crippen molar-refractivity contribution < 1.29 is 9.53 Å². The molecule has 1 unspecified atom stereocenters. The molecule has 2 aromatic rings. The first-order valence-corrected chi connectivity index (χ1v) is 9.28. The van der Waals surface area contributed by atoms with Gasteiger partial charge in [-0.2, -0.15) is 0 Å². The van der Waals surface area contributed by atoms with Crippen LogP contribution in [0.4, 0.5) is 5.13 Å². The zero-order valence-electron chi connectivity index (χ0n) is 13.1. The minimum absolute atomic E-state index is 0.246. The van der Waals surface area contributed by atoms with Crippen LogP contribution in [0.5, 0.6) is 5.75 Å². The van der Waals surface area contributed by atoms with Gasteiger partial charge in [-0.3, -0.25) is 10.1 Å². The summed E-state index contributed by atoms with van der Waals surface area (Å²) in [6.45, 7) is 6.04. The van der Waals surface area contributed by atoms with E-state index in [0.29, 0.717) is 27.6 Å². The number of nitrogens with zero attached hydrogens (tertiary/aromatic N) is 2. The van der Waals surface area contributed by atoms with Crippen molar-refractivity contribution in [2.45, 2.75) is 42.9 Å². The molecule has 1 N–H and O–H groups in total. The molecule has 0 saturated heterocycles. The van der Waals surface area contributed by atoms with Crippen molar-refractivity contribution in [1.82, 2.24) is 10.2 Å². The number of nitrogens with one attached hydrogen (secondary N) is 1. The van der Waals surface area contributed by atoms with Crippen LogP contribution in [0.1, 0.15) is 27.2 Å². The van der Waals surface area contributed by atoms with Crippen LogP contribution in [-0.2, 0) is 4.79 Å². The normalized spacial score (nSPS) is 12.2. The molecule has 124 valence electrons. The molecule has 0 radical (unpaired) electrons. The average Bonchev–Trinajstić information content (AvgIpc) is 2.91. The van der Waals surface area contributed by atoms with Crippen molar-refractivity contribution in [3.8, 4) is 5.75 Å². The zero-order valence-corrected chi connectivity index (χ0v) is 15.5. The van der Waals surface area contributed by atoms with Gasteiger partial charge >= 0.3 is 0 Å². The number of hydrogen-bond donors (Lipinski definition) is 1. The molecule has 1 aromatic carbocycles. The summed E-state index contributed by atoms with van der Waals surface area (Å²) in [5, 5.41) is 12.3. The number of benzene rings is 1. The fourth-order valence-electron chi connectivity index (χ4n) is 1.72. The van der Waals surface area contributed by atoms with E-state index in [9.17, 15) is 4.79 Å². The number of aromatic nitrogens is 2. The number of thioether (sulfide) groups is 1. The summed E-state index contributed by atoms with van der Waals surface area (Å²) in [6, 6.07) is 6.98. The number of rotatable bonds is 7. The molecule has 1 amide bonds. The van der Waals surface area contributed by atoms with Gasteiger partial charge in [0.1, 0.15) is 5.75 Å². The highest BCUT2D eigenvalue weighted by Crippen LogP contribution is 2.28. The van der Waals surface area contributed by atoms with Crippen molar-refractivity contribution in [3.05, 3.63) is 29.3 Å². The Kier molecular flexibility index (Phi) is 6.68. The molecule has 1 aromatic heterocycles. The van der Waals surface area contributed by atoms with Crippen molar-refractivity contribution in [2.75, 3.05) is 5.32 Å². The first kappa shape index (κ1) is 18.0. The first-order chi connectivity index (χ1) is 11.0. The molecule has 8 heteroatoms. The van der Waals surface area contributed by atoms with Crippen LogP contribution in [0.2, 0.25) is 5.02 Å². The van der Waals surface area contributed by atoms with E-state index >= 15 is 0 Å². The summed E-state index contributed by atoms with van der Waals surface area (Å²) < 4.78 is 6.54. The van der Waals surface area contributed by atoms with Gasteiger partial charge in [-0.1, -0.05) is 61.5 Å². The summed E-state index contributed by atoms with van der Waals surface area (Å²) in [5.74, 6) is 0.317. The molecule has 0 fully saturated rings. The molecule has 0 aliphatic carbocycles. The standard InChI is InChI=1S/C15H18ClN3O2S2/c1-4-12(21-11-7-5-6-10(16)8-11)13(20)17-14-18-19-15(23-14)22-9(2)3/h5-9,12H,4H2,1-3H3,(H,17,18,20). The third-order valence-corrected chi connectivity index (χ3v) is 4.87. The average molecular weight is 372 g/mol. The second-order valence-corrected chi connectivity index (χ2v) is 8.24. The molecular formula is C15H18ClN3O2S2. The predicted octanol–water partition coefficient (Wildman–Crippen LogP) is 4.49. The van der Waals surface area contributed by atoms with Crippen LogP contribution in [-0.4, -0.2) is 27.5 Å². The Labute approximate surface area is 148 Å². The molecule has 1 heterocycles. The SMILES string of the molecule is CCC(Oc1cccc(Cl)c1)C(=O)Nc1nnc(SC(C)C)s1. The molecular weight excluding hydrogens is 354 g/mol. The number of anilines is 1. The van der Waals surface area contributed by atoms with Crippen molar-refractivity contribution in [2.24, 2.45) is 0 Å². The Morgan fingerprint density at radius 2 is 2.22 bits per heavy atom. The third-order valence-electron chi connectivity index (χ3n) is 2.71. The monoisotopic (exact) mass is 371 g/mol. The lowest BCUT2D eigenvalue weighted by atomic mass is 10.2.